The van der Waals surface area contributed by atoms with E-state index in [2.05, 4.69) is 10.6 Å². The van der Waals surface area contributed by atoms with Gasteiger partial charge < -0.3 is 20.6 Å². The molecule has 5 nitrogen and oxygen atoms in total. The van der Waals surface area contributed by atoms with Crippen LogP contribution in [0, 0.1) is 0 Å². The highest BCUT2D eigenvalue weighted by Crippen LogP contribution is 2.18. The van der Waals surface area contributed by atoms with E-state index in [1.54, 1.807) is 4.90 Å². The summed E-state index contributed by atoms with van der Waals surface area (Å²) >= 11 is 0. The molecule has 0 radical (unpaired) electrons. The molecular formula is C12H23N3O2. The number of carbonyl (C=O) groups is 1. The summed E-state index contributed by atoms with van der Waals surface area (Å²) in [6, 6.07) is 0.742. The Bertz CT molecular complexity index is 250. The third kappa shape index (κ3) is 3.57. The van der Waals surface area contributed by atoms with Gasteiger partial charge in [-0.15, -0.1) is 0 Å². The molecule has 1 aliphatic heterocycles. The quantitative estimate of drug-likeness (QED) is 0.648. The molecule has 0 aromatic rings. The van der Waals surface area contributed by atoms with E-state index in [1.165, 1.54) is 12.8 Å². The van der Waals surface area contributed by atoms with E-state index < -0.39 is 0 Å². The summed E-state index contributed by atoms with van der Waals surface area (Å²) in [6.07, 6.45) is 5.72. The van der Waals surface area contributed by atoms with Gasteiger partial charge in [-0.3, -0.25) is 0 Å². The first-order chi connectivity index (χ1) is 8.29. The highest BCUT2D eigenvalue weighted by atomic mass is 16.3. The van der Waals surface area contributed by atoms with Crippen molar-refractivity contribution in [1.82, 2.24) is 15.5 Å². The van der Waals surface area contributed by atoms with Crippen LogP contribution in [0.4, 0.5) is 4.79 Å². The Kier molecular flexibility index (Phi) is 4.62. The Morgan fingerprint density at radius 2 is 2.18 bits per heavy atom. The first-order valence-corrected chi connectivity index (χ1v) is 6.69. The van der Waals surface area contributed by atoms with Crippen LogP contribution in [0.15, 0.2) is 0 Å². The van der Waals surface area contributed by atoms with Gasteiger partial charge in [-0.05, 0) is 38.6 Å². The second-order valence-electron chi connectivity index (χ2n) is 5.04. The average Bonchev–Trinajstić information content (AvgIpc) is 2.75. The van der Waals surface area contributed by atoms with Crippen molar-refractivity contribution in [3.63, 3.8) is 0 Å². The van der Waals surface area contributed by atoms with Crippen molar-refractivity contribution in [2.45, 2.75) is 44.2 Å². The van der Waals surface area contributed by atoms with E-state index in [4.69, 9.17) is 5.11 Å². The van der Waals surface area contributed by atoms with Gasteiger partial charge in [-0.1, -0.05) is 0 Å². The predicted molar refractivity (Wildman–Crippen MR) is 65.9 cm³/mol. The highest BCUT2D eigenvalue weighted by molar-refractivity contribution is 5.74. The van der Waals surface area contributed by atoms with Crippen LogP contribution < -0.4 is 10.6 Å². The van der Waals surface area contributed by atoms with Gasteiger partial charge in [-0.25, -0.2) is 4.79 Å². The largest absolute Gasteiger partial charge is 0.395 e. The molecule has 98 valence electrons. The first-order valence-electron chi connectivity index (χ1n) is 6.69. The molecule has 0 aromatic heterocycles. The molecule has 1 saturated carbocycles. The second kappa shape index (κ2) is 6.21. The minimum atomic E-state index is -0.0162. The summed E-state index contributed by atoms with van der Waals surface area (Å²) in [5.74, 6) is 0. The average molecular weight is 241 g/mol. The lowest BCUT2D eigenvalue weighted by Crippen LogP contribution is -2.51. The molecule has 0 bridgehead atoms. The van der Waals surface area contributed by atoms with Gasteiger partial charge in [0.2, 0.25) is 0 Å². The maximum atomic E-state index is 12.0. The molecule has 17 heavy (non-hydrogen) atoms. The lowest BCUT2D eigenvalue weighted by Gasteiger charge is -2.31. The van der Waals surface area contributed by atoms with Crippen molar-refractivity contribution in [2.75, 3.05) is 26.2 Å². The van der Waals surface area contributed by atoms with Crippen LogP contribution in [0.1, 0.15) is 32.1 Å². The zero-order chi connectivity index (χ0) is 12.1. The number of aliphatic hydroxyl groups excluding tert-OH is 1. The van der Waals surface area contributed by atoms with Crippen molar-refractivity contribution in [3.8, 4) is 0 Å². The van der Waals surface area contributed by atoms with Gasteiger partial charge >= 0.3 is 6.03 Å². The fourth-order valence-electron chi connectivity index (χ4n) is 2.39. The SMILES string of the molecule is O=C(NC1CCC1)N(CCO)CC1CCCN1. The van der Waals surface area contributed by atoms with Crippen LogP contribution in [-0.2, 0) is 0 Å². The van der Waals surface area contributed by atoms with Gasteiger partial charge in [0.15, 0.2) is 0 Å². The monoisotopic (exact) mass is 241 g/mol. The highest BCUT2D eigenvalue weighted by Gasteiger charge is 2.25. The van der Waals surface area contributed by atoms with E-state index >= 15 is 0 Å². The molecule has 2 fully saturated rings. The molecule has 1 atom stereocenters. The van der Waals surface area contributed by atoms with Gasteiger partial charge in [-0.2, -0.15) is 0 Å². The number of urea groups is 1. The standard InChI is InChI=1S/C12H23N3O2/c16-8-7-15(9-11-5-2-6-13-11)12(17)14-10-3-1-4-10/h10-11,13,16H,1-9H2,(H,14,17). The van der Waals surface area contributed by atoms with Crippen molar-refractivity contribution < 1.29 is 9.90 Å². The summed E-state index contributed by atoms with van der Waals surface area (Å²) in [5.41, 5.74) is 0. The number of hydrogen-bond acceptors (Lipinski definition) is 3. The van der Waals surface area contributed by atoms with E-state index in [-0.39, 0.29) is 12.6 Å². The maximum Gasteiger partial charge on any atom is 0.317 e. The van der Waals surface area contributed by atoms with Crippen molar-refractivity contribution >= 4 is 6.03 Å². The first kappa shape index (κ1) is 12.6. The van der Waals surface area contributed by atoms with E-state index in [9.17, 15) is 4.79 Å². The number of aliphatic hydroxyl groups is 1. The van der Waals surface area contributed by atoms with Crippen LogP contribution in [-0.4, -0.2) is 54.4 Å². The predicted octanol–water partition coefficient (Wildman–Crippen LogP) is 0.295. The van der Waals surface area contributed by atoms with Crippen molar-refractivity contribution in [1.29, 1.82) is 0 Å². The smallest absolute Gasteiger partial charge is 0.317 e. The Morgan fingerprint density at radius 3 is 2.71 bits per heavy atom. The molecule has 2 amide bonds. The van der Waals surface area contributed by atoms with E-state index in [1.807, 2.05) is 0 Å². The fraction of sp³-hybridized carbons (Fsp3) is 0.917. The number of nitrogens with one attached hydrogen (secondary N) is 2. The van der Waals surface area contributed by atoms with Crippen molar-refractivity contribution in [3.05, 3.63) is 0 Å². The molecule has 1 aliphatic carbocycles. The lowest BCUT2D eigenvalue weighted by atomic mass is 9.93. The lowest BCUT2D eigenvalue weighted by molar-refractivity contribution is 0.163. The molecule has 5 heteroatoms. The van der Waals surface area contributed by atoms with E-state index in [0.29, 0.717) is 25.2 Å². The number of carbonyl (C=O) groups excluding carboxylic acids is 1. The molecule has 2 aliphatic rings. The van der Waals surface area contributed by atoms with Gasteiger partial charge in [0.1, 0.15) is 0 Å². The Hall–Kier alpha value is -0.810. The van der Waals surface area contributed by atoms with Crippen LogP contribution in [0.2, 0.25) is 0 Å². The number of rotatable bonds is 5. The third-order valence-electron chi connectivity index (χ3n) is 3.69. The minimum Gasteiger partial charge on any atom is -0.395 e. The van der Waals surface area contributed by atoms with E-state index in [0.717, 1.165) is 25.8 Å². The molecule has 2 rings (SSSR count). The molecule has 1 unspecified atom stereocenters. The topological polar surface area (TPSA) is 64.6 Å². The summed E-state index contributed by atoms with van der Waals surface area (Å²) in [5, 5.41) is 15.4. The van der Waals surface area contributed by atoms with Crippen LogP contribution >= 0.6 is 0 Å². The summed E-state index contributed by atoms with van der Waals surface area (Å²) in [4.78, 5) is 13.7. The third-order valence-corrected chi connectivity index (χ3v) is 3.69. The number of amides is 2. The Balaban J connectivity index is 1.78. The Morgan fingerprint density at radius 1 is 1.35 bits per heavy atom. The molecule has 0 aromatic carbocycles. The maximum absolute atomic E-state index is 12.0. The number of hydrogen-bond donors (Lipinski definition) is 3. The van der Waals surface area contributed by atoms with Crippen molar-refractivity contribution in [2.24, 2.45) is 0 Å². The Labute approximate surface area is 103 Å². The molecule has 1 heterocycles. The summed E-state index contributed by atoms with van der Waals surface area (Å²) in [6.45, 7) is 2.21. The molecule has 3 N–H and O–H groups in total. The zero-order valence-corrected chi connectivity index (χ0v) is 10.3. The van der Waals surface area contributed by atoms with Gasteiger partial charge in [0.05, 0.1) is 6.61 Å². The molecule has 0 spiro atoms. The number of nitrogens with zero attached hydrogens (tertiary/aromatic N) is 1. The van der Waals surface area contributed by atoms with Crippen LogP contribution in [0.5, 0.6) is 0 Å². The van der Waals surface area contributed by atoms with Crippen LogP contribution in [0.25, 0.3) is 0 Å². The van der Waals surface area contributed by atoms with Crippen LogP contribution in [0.3, 0.4) is 0 Å². The van der Waals surface area contributed by atoms with Gasteiger partial charge in [0.25, 0.3) is 0 Å². The second-order valence-corrected chi connectivity index (χ2v) is 5.04. The molecular weight excluding hydrogens is 218 g/mol. The minimum absolute atomic E-state index is 0.0162. The normalized spacial score (nSPS) is 24.4. The molecule has 1 saturated heterocycles. The zero-order valence-electron chi connectivity index (χ0n) is 10.3. The summed E-state index contributed by atoms with van der Waals surface area (Å²) < 4.78 is 0. The fourth-order valence-corrected chi connectivity index (χ4v) is 2.39. The van der Waals surface area contributed by atoms with Gasteiger partial charge in [0, 0.05) is 25.2 Å². The summed E-state index contributed by atoms with van der Waals surface area (Å²) in [7, 11) is 0.